The van der Waals surface area contributed by atoms with Crippen molar-refractivity contribution in [3.8, 4) is 5.75 Å². The van der Waals surface area contributed by atoms with E-state index in [1.165, 1.54) is 11.1 Å². The van der Waals surface area contributed by atoms with Crippen LogP contribution in [0.15, 0.2) is 23.2 Å². The summed E-state index contributed by atoms with van der Waals surface area (Å²) < 4.78 is 18.1. The molecule has 152 valence electrons. The number of hydrogen-bond donors (Lipinski definition) is 2. The van der Waals surface area contributed by atoms with Gasteiger partial charge in [-0.05, 0) is 50.7 Å². The lowest BCUT2D eigenvalue weighted by molar-refractivity contribution is 0.307. The van der Waals surface area contributed by atoms with Crippen LogP contribution >= 0.6 is 0 Å². The van der Waals surface area contributed by atoms with E-state index in [-0.39, 0.29) is 0 Å². The van der Waals surface area contributed by atoms with Gasteiger partial charge >= 0.3 is 0 Å². The molecule has 5 nitrogen and oxygen atoms in total. The molecule has 1 fully saturated rings. The van der Waals surface area contributed by atoms with E-state index >= 15 is 0 Å². The fourth-order valence-corrected chi connectivity index (χ4v) is 4.97. The minimum Gasteiger partial charge on any atom is -0.493 e. The van der Waals surface area contributed by atoms with Crippen LogP contribution in [0, 0.1) is 13.8 Å². The number of nitrogens with zero attached hydrogens (tertiary/aromatic N) is 1. The van der Waals surface area contributed by atoms with Gasteiger partial charge in [-0.25, -0.2) is 0 Å². The van der Waals surface area contributed by atoms with Gasteiger partial charge in [-0.3, -0.25) is 9.20 Å². The molecular formula is C21H35N3O2S. The highest BCUT2D eigenvalue weighted by Crippen LogP contribution is 2.23. The zero-order valence-corrected chi connectivity index (χ0v) is 18.0. The molecule has 6 heteroatoms. The van der Waals surface area contributed by atoms with E-state index < -0.39 is 10.8 Å². The first-order valence-corrected chi connectivity index (χ1v) is 11.5. The fourth-order valence-electron chi connectivity index (χ4n) is 3.62. The molecule has 27 heavy (non-hydrogen) atoms. The molecule has 0 spiro atoms. The Kier molecular flexibility index (Phi) is 9.11. The van der Waals surface area contributed by atoms with Crippen LogP contribution in [-0.2, 0) is 10.8 Å². The average Bonchev–Trinajstić information content (AvgIpc) is 2.68. The Balaban J connectivity index is 1.70. The third-order valence-corrected chi connectivity index (χ3v) is 6.86. The monoisotopic (exact) mass is 393 g/mol. The Morgan fingerprint density at radius 1 is 1.30 bits per heavy atom. The molecule has 3 atom stereocenters. The zero-order valence-electron chi connectivity index (χ0n) is 17.2. The molecule has 0 radical (unpaired) electrons. The van der Waals surface area contributed by atoms with Crippen LogP contribution in [0.4, 0.5) is 0 Å². The lowest BCUT2D eigenvalue weighted by Gasteiger charge is -2.30. The summed E-state index contributed by atoms with van der Waals surface area (Å²) in [6.07, 6.45) is 5.21. The first-order chi connectivity index (χ1) is 13.0. The second-order valence-electron chi connectivity index (χ2n) is 7.22. The number of aryl methyl sites for hydroxylation is 2. The second kappa shape index (κ2) is 11.3. The number of para-hydroxylation sites is 1. The molecule has 1 aliphatic rings. The van der Waals surface area contributed by atoms with E-state index in [2.05, 4.69) is 47.7 Å². The molecule has 0 saturated heterocycles. The standard InChI is InChI=1S/C21H35N3O2S/c1-5-27(25)19-12-7-11-18(15-19)24-21(22-4)23-13-8-14-26-20-16(2)9-6-10-17(20)3/h6,9-10,18-19H,5,7-8,11-15H2,1-4H3,(H2,22,23,24). The predicted molar refractivity (Wildman–Crippen MR) is 115 cm³/mol. The van der Waals surface area contributed by atoms with Crippen molar-refractivity contribution in [2.75, 3.05) is 26.0 Å². The van der Waals surface area contributed by atoms with E-state index in [9.17, 15) is 4.21 Å². The van der Waals surface area contributed by atoms with Gasteiger partial charge in [-0.1, -0.05) is 31.5 Å². The maximum atomic E-state index is 12.1. The molecule has 2 N–H and O–H groups in total. The van der Waals surface area contributed by atoms with Crippen LogP contribution in [0.3, 0.4) is 0 Å². The minimum absolute atomic E-state index is 0.324. The molecule has 1 aliphatic carbocycles. The van der Waals surface area contributed by atoms with E-state index in [0.717, 1.165) is 56.1 Å². The van der Waals surface area contributed by atoms with E-state index in [1.54, 1.807) is 7.05 Å². The van der Waals surface area contributed by atoms with Crippen molar-refractivity contribution < 1.29 is 8.95 Å². The summed E-state index contributed by atoms with van der Waals surface area (Å²) in [6, 6.07) is 6.57. The number of rotatable bonds is 8. The maximum absolute atomic E-state index is 12.1. The molecule has 1 aromatic carbocycles. The van der Waals surface area contributed by atoms with Crippen molar-refractivity contribution in [2.45, 2.75) is 64.2 Å². The lowest BCUT2D eigenvalue weighted by Crippen LogP contribution is -2.47. The summed E-state index contributed by atoms with van der Waals surface area (Å²) in [6.45, 7) is 7.65. The molecule has 3 unspecified atom stereocenters. The number of nitrogens with one attached hydrogen (secondary N) is 2. The number of guanidine groups is 1. The van der Waals surface area contributed by atoms with Gasteiger partial charge in [0.1, 0.15) is 5.75 Å². The zero-order chi connectivity index (χ0) is 19.6. The summed E-state index contributed by atoms with van der Waals surface area (Å²) >= 11 is 0. The van der Waals surface area contributed by atoms with Gasteiger partial charge in [0.25, 0.3) is 0 Å². The molecule has 0 amide bonds. The Bertz CT molecular complexity index is 628. The molecule has 0 bridgehead atoms. The van der Waals surface area contributed by atoms with Crippen LogP contribution < -0.4 is 15.4 Å². The normalized spacial score (nSPS) is 21.6. The smallest absolute Gasteiger partial charge is 0.191 e. The minimum atomic E-state index is -0.698. The lowest BCUT2D eigenvalue weighted by atomic mass is 9.95. The fraction of sp³-hybridized carbons (Fsp3) is 0.667. The number of benzene rings is 1. The molecule has 1 saturated carbocycles. The Morgan fingerprint density at radius 3 is 2.70 bits per heavy atom. The van der Waals surface area contributed by atoms with Gasteiger partial charge in [0.15, 0.2) is 5.96 Å². The molecule has 2 rings (SSSR count). The van der Waals surface area contributed by atoms with Crippen LogP contribution in [0.2, 0.25) is 0 Å². The molecular weight excluding hydrogens is 358 g/mol. The van der Waals surface area contributed by atoms with Gasteiger partial charge < -0.3 is 15.4 Å². The van der Waals surface area contributed by atoms with Crippen molar-refractivity contribution in [1.82, 2.24) is 10.6 Å². The average molecular weight is 394 g/mol. The Hall–Kier alpha value is -1.56. The largest absolute Gasteiger partial charge is 0.493 e. The summed E-state index contributed by atoms with van der Waals surface area (Å²) in [4.78, 5) is 4.33. The van der Waals surface area contributed by atoms with Crippen molar-refractivity contribution in [3.05, 3.63) is 29.3 Å². The number of aliphatic imine (C=N–C) groups is 1. The van der Waals surface area contributed by atoms with Gasteiger partial charge in [0.2, 0.25) is 0 Å². The molecule has 0 aromatic heterocycles. The Labute approximate surface area is 166 Å². The van der Waals surface area contributed by atoms with Crippen LogP contribution in [0.1, 0.15) is 50.2 Å². The van der Waals surface area contributed by atoms with Crippen molar-refractivity contribution in [1.29, 1.82) is 0 Å². The van der Waals surface area contributed by atoms with Gasteiger partial charge in [0.05, 0.1) is 6.61 Å². The quantitative estimate of drug-likeness (QED) is 0.404. The Morgan fingerprint density at radius 2 is 2.04 bits per heavy atom. The summed E-state index contributed by atoms with van der Waals surface area (Å²) in [5.41, 5.74) is 2.36. The van der Waals surface area contributed by atoms with Crippen molar-refractivity contribution in [3.63, 3.8) is 0 Å². The topological polar surface area (TPSA) is 62.7 Å². The predicted octanol–water partition coefficient (Wildman–Crippen LogP) is 3.32. The van der Waals surface area contributed by atoms with Crippen LogP contribution in [-0.4, -0.2) is 47.4 Å². The SMILES string of the molecule is CCS(=O)C1CCCC(NC(=NC)NCCCOc2c(C)cccc2C)C1. The van der Waals surface area contributed by atoms with E-state index in [4.69, 9.17) is 4.74 Å². The maximum Gasteiger partial charge on any atom is 0.191 e. The number of hydrogen-bond acceptors (Lipinski definition) is 3. The van der Waals surface area contributed by atoms with Gasteiger partial charge in [-0.2, -0.15) is 0 Å². The second-order valence-corrected chi connectivity index (χ2v) is 9.23. The summed E-state index contributed by atoms with van der Waals surface area (Å²) in [5.74, 6) is 2.58. The van der Waals surface area contributed by atoms with Gasteiger partial charge in [0, 0.05) is 41.4 Å². The molecule has 0 aliphatic heterocycles. The van der Waals surface area contributed by atoms with Crippen LogP contribution in [0.25, 0.3) is 0 Å². The molecule has 0 heterocycles. The molecule has 1 aromatic rings. The third kappa shape index (κ3) is 6.83. The summed E-state index contributed by atoms with van der Waals surface area (Å²) in [7, 11) is 1.10. The van der Waals surface area contributed by atoms with E-state index in [0.29, 0.717) is 17.9 Å². The highest BCUT2D eigenvalue weighted by molar-refractivity contribution is 7.85. The van der Waals surface area contributed by atoms with Crippen LogP contribution in [0.5, 0.6) is 5.75 Å². The van der Waals surface area contributed by atoms with Gasteiger partial charge in [-0.15, -0.1) is 0 Å². The first-order valence-electron chi connectivity index (χ1n) is 10.1. The highest BCUT2D eigenvalue weighted by Gasteiger charge is 2.25. The van der Waals surface area contributed by atoms with E-state index in [1.807, 2.05) is 6.92 Å². The number of ether oxygens (including phenoxy) is 1. The third-order valence-electron chi connectivity index (χ3n) is 5.12. The first kappa shape index (κ1) is 21.7. The summed E-state index contributed by atoms with van der Waals surface area (Å²) in [5, 5.41) is 7.20. The van der Waals surface area contributed by atoms with Crippen molar-refractivity contribution in [2.24, 2.45) is 4.99 Å². The highest BCUT2D eigenvalue weighted by atomic mass is 32.2. The van der Waals surface area contributed by atoms with Crippen molar-refractivity contribution >= 4 is 16.8 Å².